The fourth-order valence-corrected chi connectivity index (χ4v) is 2.89. The summed E-state index contributed by atoms with van der Waals surface area (Å²) < 4.78 is 61.0. The van der Waals surface area contributed by atoms with E-state index < -0.39 is 40.8 Å². The van der Waals surface area contributed by atoms with Gasteiger partial charge in [0.15, 0.2) is 0 Å². The molecule has 0 amide bonds. The quantitative estimate of drug-likeness (QED) is 0.670. The summed E-state index contributed by atoms with van der Waals surface area (Å²) in [7, 11) is -3.73. The van der Waals surface area contributed by atoms with E-state index in [0.29, 0.717) is 6.42 Å². The minimum atomic E-state index is -4.33. The second kappa shape index (κ2) is 7.25. The summed E-state index contributed by atoms with van der Waals surface area (Å²) >= 11 is 4.66. The zero-order valence-corrected chi connectivity index (χ0v) is 11.6. The van der Waals surface area contributed by atoms with E-state index in [9.17, 15) is 21.6 Å². The minimum absolute atomic E-state index is 0.167. The Morgan fingerprint density at radius 3 is 2.39 bits per heavy atom. The van der Waals surface area contributed by atoms with Crippen LogP contribution in [0.2, 0.25) is 0 Å². The van der Waals surface area contributed by atoms with Gasteiger partial charge < -0.3 is 5.73 Å². The maximum Gasteiger partial charge on any atom is 0.389 e. The van der Waals surface area contributed by atoms with Gasteiger partial charge in [0.05, 0.1) is 10.7 Å². The Morgan fingerprint density at radius 1 is 1.44 bits per heavy atom. The number of hydrogen-bond acceptors (Lipinski definition) is 3. The lowest BCUT2D eigenvalue weighted by atomic mass is 10.2. The number of nitrogens with one attached hydrogen (secondary N) is 1. The van der Waals surface area contributed by atoms with Crippen molar-refractivity contribution in [1.82, 2.24) is 4.72 Å². The van der Waals surface area contributed by atoms with E-state index in [2.05, 4.69) is 16.9 Å². The Balaban J connectivity index is 4.25. The fourth-order valence-electron chi connectivity index (χ4n) is 1.29. The Kier molecular flexibility index (Phi) is 7.08. The third kappa shape index (κ3) is 9.60. The lowest BCUT2D eigenvalue weighted by Gasteiger charge is -2.16. The van der Waals surface area contributed by atoms with Crippen molar-refractivity contribution in [2.75, 3.05) is 5.75 Å². The Labute approximate surface area is 110 Å². The molecule has 0 radical (unpaired) electrons. The number of nitrogens with two attached hydrogens (primary N) is 1. The molecule has 9 heteroatoms. The van der Waals surface area contributed by atoms with Crippen LogP contribution in [0.25, 0.3) is 0 Å². The van der Waals surface area contributed by atoms with E-state index in [0.717, 1.165) is 0 Å². The summed E-state index contributed by atoms with van der Waals surface area (Å²) in [5.41, 5.74) is 5.29. The zero-order valence-electron chi connectivity index (χ0n) is 9.96. The SMILES string of the molecule is CCC(CC(N)=S)NS(=O)(=O)CCCC(F)(F)F. The van der Waals surface area contributed by atoms with Gasteiger partial charge in [-0.25, -0.2) is 13.1 Å². The normalized spacial score (nSPS) is 14.4. The molecule has 0 saturated carbocycles. The van der Waals surface area contributed by atoms with Gasteiger partial charge in [-0.15, -0.1) is 0 Å². The molecule has 18 heavy (non-hydrogen) atoms. The highest BCUT2D eigenvalue weighted by Gasteiger charge is 2.27. The molecule has 0 heterocycles. The topological polar surface area (TPSA) is 72.2 Å². The standard InChI is InChI=1S/C9H17F3N2O2S2/c1-2-7(6-8(13)17)14-18(15,16)5-3-4-9(10,11)12/h7,14H,2-6H2,1H3,(H2,13,17). The molecule has 0 aliphatic heterocycles. The first-order valence-corrected chi connectivity index (χ1v) is 7.47. The predicted molar refractivity (Wildman–Crippen MR) is 67.7 cm³/mol. The van der Waals surface area contributed by atoms with Gasteiger partial charge in [0, 0.05) is 18.9 Å². The second-order valence-electron chi connectivity index (χ2n) is 3.93. The highest BCUT2D eigenvalue weighted by molar-refractivity contribution is 7.89. The smallest absolute Gasteiger partial charge is 0.389 e. The molecule has 4 nitrogen and oxygen atoms in total. The van der Waals surface area contributed by atoms with Crippen LogP contribution in [0.15, 0.2) is 0 Å². The summed E-state index contributed by atoms with van der Waals surface area (Å²) in [6.07, 6.45) is -5.24. The summed E-state index contributed by atoms with van der Waals surface area (Å²) in [5, 5.41) is 0. The van der Waals surface area contributed by atoms with Crippen LogP contribution >= 0.6 is 12.2 Å². The van der Waals surface area contributed by atoms with Crippen LogP contribution in [0, 0.1) is 0 Å². The average Bonchev–Trinajstić information content (AvgIpc) is 2.12. The monoisotopic (exact) mass is 306 g/mol. The summed E-state index contributed by atoms with van der Waals surface area (Å²) in [6.45, 7) is 1.74. The fraction of sp³-hybridized carbons (Fsp3) is 0.889. The number of hydrogen-bond donors (Lipinski definition) is 2. The van der Waals surface area contributed by atoms with E-state index in [1.165, 1.54) is 0 Å². The van der Waals surface area contributed by atoms with E-state index in [-0.39, 0.29) is 11.4 Å². The van der Waals surface area contributed by atoms with Gasteiger partial charge in [-0.1, -0.05) is 19.1 Å². The van der Waals surface area contributed by atoms with Crippen LogP contribution in [0.1, 0.15) is 32.6 Å². The largest absolute Gasteiger partial charge is 0.393 e. The van der Waals surface area contributed by atoms with Crippen molar-refractivity contribution in [1.29, 1.82) is 0 Å². The van der Waals surface area contributed by atoms with E-state index in [4.69, 9.17) is 5.73 Å². The molecule has 0 aliphatic carbocycles. The molecule has 0 rings (SSSR count). The first kappa shape index (κ1) is 17.6. The van der Waals surface area contributed by atoms with Crippen molar-refractivity contribution < 1.29 is 21.6 Å². The molecule has 1 unspecified atom stereocenters. The van der Waals surface area contributed by atoms with Gasteiger partial charge >= 0.3 is 6.18 Å². The van der Waals surface area contributed by atoms with E-state index in [1.54, 1.807) is 6.92 Å². The lowest BCUT2D eigenvalue weighted by Crippen LogP contribution is -2.38. The van der Waals surface area contributed by atoms with Crippen LogP contribution in [0.5, 0.6) is 0 Å². The highest BCUT2D eigenvalue weighted by Crippen LogP contribution is 2.21. The van der Waals surface area contributed by atoms with Gasteiger partial charge in [-0.3, -0.25) is 0 Å². The first-order valence-electron chi connectivity index (χ1n) is 5.41. The van der Waals surface area contributed by atoms with Crippen molar-refractivity contribution in [2.24, 2.45) is 5.73 Å². The zero-order chi connectivity index (χ0) is 14.4. The van der Waals surface area contributed by atoms with Crippen molar-refractivity contribution in [3.63, 3.8) is 0 Å². The summed E-state index contributed by atoms with van der Waals surface area (Å²) in [4.78, 5) is 0.167. The molecule has 0 fully saturated rings. The van der Waals surface area contributed by atoms with Crippen LogP contribution in [-0.4, -0.2) is 31.4 Å². The van der Waals surface area contributed by atoms with Crippen molar-refractivity contribution in [2.45, 2.75) is 44.8 Å². The Bertz CT molecular complexity index is 368. The molecule has 3 N–H and O–H groups in total. The van der Waals surface area contributed by atoms with Gasteiger partial charge in [0.1, 0.15) is 0 Å². The van der Waals surface area contributed by atoms with Gasteiger partial charge in [-0.05, 0) is 12.8 Å². The number of halogens is 3. The minimum Gasteiger partial charge on any atom is -0.393 e. The third-order valence-corrected chi connectivity index (χ3v) is 3.85. The number of sulfonamides is 1. The van der Waals surface area contributed by atoms with Gasteiger partial charge in [-0.2, -0.15) is 13.2 Å². The third-order valence-electron chi connectivity index (χ3n) is 2.16. The van der Waals surface area contributed by atoms with E-state index in [1.807, 2.05) is 0 Å². The first-order chi connectivity index (χ1) is 8.06. The van der Waals surface area contributed by atoms with Crippen molar-refractivity contribution in [3.05, 3.63) is 0 Å². The summed E-state index contributed by atoms with van der Waals surface area (Å²) in [6, 6.07) is -0.460. The van der Waals surface area contributed by atoms with E-state index >= 15 is 0 Å². The van der Waals surface area contributed by atoms with Crippen molar-refractivity contribution >= 4 is 27.2 Å². The van der Waals surface area contributed by atoms with Gasteiger partial charge in [0.25, 0.3) is 0 Å². The maximum atomic E-state index is 11.9. The molecule has 0 aromatic heterocycles. The number of alkyl halides is 3. The second-order valence-corrected chi connectivity index (χ2v) is 6.33. The molecule has 1 atom stereocenters. The highest BCUT2D eigenvalue weighted by atomic mass is 32.2. The van der Waals surface area contributed by atoms with Crippen LogP contribution in [0.3, 0.4) is 0 Å². The van der Waals surface area contributed by atoms with Gasteiger partial charge in [0.2, 0.25) is 10.0 Å². The molecule has 0 aromatic rings. The Morgan fingerprint density at radius 2 is 2.00 bits per heavy atom. The molecule has 0 saturated heterocycles. The number of thiocarbonyl (C=S) groups is 1. The van der Waals surface area contributed by atoms with Crippen LogP contribution in [-0.2, 0) is 10.0 Å². The predicted octanol–water partition coefficient (Wildman–Crippen LogP) is 1.70. The molecule has 0 aromatic carbocycles. The molecule has 0 spiro atoms. The average molecular weight is 306 g/mol. The maximum absolute atomic E-state index is 11.9. The number of rotatable bonds is 8. The van der Waals surface area contributed by atoms with Crippen LogP contribution in [0.4, 0.5) is 13.2 Å². The molecule has 0 aliphatic rings. The summed E-state index contributed by atoms with van der Waals surface area (Å²) in [5.74, 6) is -0.555. The van der Waals surface area contributed by atoms with Crippen LogP contribution < -0.4 is 10.5 Å². The Hall–Kier alpha value is -0.410. The molecular formula is C9H17F3N2O2S2. The molecule has 108 valence electrons. The van der Waals surface area contributed by atoms with Crippen molar-refractivity contribution in [3.8, 4) is 0 Å². The lowest BCUT2D eigenvalue weighted by molar-refractivity contribution is -0.134. The molecular weight excluding hydrogens is 289 g/mol. The molecule has 0 bridgehead atoms.